The first kappa shape index (κ1) is 29.2. The fraction of sp³-hybridized carbons (Fsp3) is 0.615. The second-order valence-corrected chi connectivity index (χ2v) is 13.3. The third kappa shape index (κ3) is 7.73. The van der Waals surface area contributed by atoms with Gasteiger partial charge in [-0.25, -0.2) is 4.79 Å². The molecule has 13 heteroatoms. The van der Waals surface area contributed by atoms with Crippen molar-refractivity contribution >= 4 is 49.2 Å². The van der Waals surface area contributed by atoms with Crippen molar-refractivity contribution in [2.75, 3.05) is 12.7 Å². The molecule has 2 aromatic rings. The van der Waals surface area contributed by atoms with E-state index in [1.807, 2.05) is 22.9 Å². The lowest BCUT2D eigenvalue weighted by atomic mass is 9.93. The molecular formula is C26H34Cl2N4O5PS-. The average Bonchev–Trinajstić information content (AvgIpc) is 3.64. The maximum Gasteiger partial charge on any atom is 0.325 e. The Balaban J connectivity index is 1.12. The minimum Gasteiger partial charge on any atom is -0.755 e. The second kappa shape index (κ2) is 13.6. The number of carbonyl (C=O) groups is 1. The first-order valence-corrected chi connectivity index (χ1v) is 16.6. The van der Waals surface area contributed by atoms with E-state index in [4.69, 9.17) is 32.5 Å². The van der Waals surface area contributed by atoms with Crippen molar-refractivity contribution in [3.8, 4) is 11.3 Å². The van der Waals surface area contributed by atoms with Crippen molar-refractivity contribution < 1.29 is 22.8 Å². The van der Waals surface area contributed by atoms with Gasteiger partial charge in [-0.1, -0.05) is 34.4 Å². The Bertz CT molecular complexity index is 1140. The summed E-state index contributed by atoms with van der Waals surface area (Å²) in [4.78, 5) is 11.7. The quantitative estimate of drug-likeness (QED) is 0.280. The van der Waals surface area contributed by atoms with Crippen LogP contribution in [0.4, 0.5) is 4.79 Å². The molecule has 1 aromatic carbocycles. The van der Waals surface area contributed by atoms with Crippen molar-refractivity contribution in [3.05, 3.63) is 39.6 Å². The van der Waals surface area contributed by atoms with Gasteiger partial charge in [-0.15, -0.1) is 0 Å². The van der Waals surface area contributed by atoms with Crippen LogP contribution < -0.4 is 10.0 Å². The highest BCUT2D eigenvalue weighted by molar-refractivity contribution is 7.77. The van der Waals surface area contributed by atoms with Crippen LogP contribution in [0, 0.1) is 0 Å². The highest BCUT2D eigenvalue weighted by Crippen LogP contribution is 2.46. The Morgan fingerprint density at radius 1 is 1.15 bits per heavy atom. The summed E-state index contributed by atoms with van der Waals surface area (Å²) in [5.41, 5.74) is 2.36. The third-order valence-electron chi connectivity index (χ3n) is 7.78. The number of aromatic nitrogens is 1. The molecule has 2 heterocycles. The lowest BCUT2D eigenvalue weighted by molar-refractivity contribution is 0.0385. The SMILES string of the molecule is O=C(NC1CCCC(N2CCC(OCc3c(-c4c(Cl)cccc4Cl)noc3C3CC3)CP2)CCC1)NS(=O)[O-]. The van der Waals surface area contributed by atoms with E-state index in [1.165, 1.54) is 0 Å². The molecule has 3 unspecified atom stereocenters. The molecule has 2 saturated carbocycles. The zero-order chi connectivity index (χ0) is 27.4. The molecule has 0 bridgehead atoms. The Labute approximate surface area is 243 Å². The molecule has 3 aliphatic rings. The molecule has 214 valence electrons. The number of rotatable bonds is 8. The maximum atomic E-state index is 11.7. The van der Waals surface area contributed by atoms with Gasteiger partial charge in [0.1, 0.15) is 11.5 Å². The van der Waals surface area contributed by atoms with Crippen LogP contribution in [0.25, 0.3) is 11.3 Å². The summed E-state index contributed by atoms with van der Waals surface area (Å²) >= 11 is 10.4. The van der Waals surface area contributed by atoms with Crippen LogP contribution in [0.3, 0.4) is 0 Å². The summed E-state index contributed by atoms with van der Waals surface area (Å²) in [6, 6.07) is 5.37. The highest BCUT2D eigenvalue weighted by Gasteiger charge is 2.34. The smallest absolute Gasteiger partial charge is 0.325 e. The average molecular weight is 617 g/mol. The molecule has 1 saturated heterocycles. The maximum absolute atomic E-state index is 11.7. The van der Waals surface area contributed by atoms with Crippen LogP contribution in [0.15, 0.2) is 22.7 Å². The molecule has 1 aliphatic heterocycles. The first-order valence-electron chi connectivity index (χ1n) is 13.6. The van der Waals surface area contributed by atoms with Crippen molar-refractivity contribution in [1.29, 1.82) is 0 Å². The normalized spacial score (nSPS) is 26.1. The summed E-state index contributed by atoms with van der Waals surface area (Å²) in [7, 11) is 0.711. The van der Waals surface area contributed by atoms with Crippen LogP contribution in [-0.4, -0.2) is 55.5 Å². The lowest BCUT2D eigenvalue weighted by Crippen LogP contribution is -2.44. The second-order valence-electron chi connectivity index (χ2n) is 10.5. The van der Waals surface area contributed by atoms with E-state index in [2.05, 4.69) is 15.1 Å². The van der Waals surface area contributed by atoms with E-state index < -0.39 is 17.3 Å². The van der Waals surface area contributed by atoms with E-state index in [1.54, 1.807) is 0 Å². The lowest BCUT2D eigenvalue weighted by Gasteiger charge is -2.38. The summed E-state index contributed by atoms with van der Waals surface area (Å²) < 4.78 is 38.0. The molecule has 1 aromatic heterocycles. The van der Waals surface area contributed by atoms with Gasteiger partial charge in [0.05, 0.1) is 22.8 Å². The number of carbonyl (C=O) groups excluding carboxylic acids is 1. The van der Waals surface area contributed by atoms with Gasteiger partial charge < -0.3 is 19.1 Å². The fourth-order valence-electron chi connectivity index (χ4n) is 5.62. The van der Waals surface area contributed by atoms with Crippen LogP contribution in [0.2, 0.25) is 10.0 Å². The van der Waals surface area contributed by atoms with Crippen molar-refractivity contribution in [2.45, 2.75) is 88.5 Å². The predicted molar refractivity (Wildman–Crippen MR) is 153 cm³/mol. The van der Waals surface area contributed by atoms with Crippen LogP contribution >= 0.6 is 31.9 Å². The minimum atomic E-state index is -2.59. The van der Waals surface area contributed by atoms with Crippen molar-refractivity contribution in [3.63, 3.8) is 0 Å². The number of nitrogens with one attached hydrogen (secondary N) is 2. The number of halogens is 2. The molecule has 2 aliphatic carbocycles. The molecule has 0 radical (unpaired) electrons. The van der Waals surface area contributed by atoms with E-state index in [-0.39, 0.29) is 12.1 Å². The Morgan fingerprint density at radius 2 is 1.87 bits per heavy atom. The predicted octanol–water partition coefficient (Wildman–Crippen LogP) is 5.89. The molecule has 3 atom stereocenters. The number of amides is 2. The van der Waals surface area contributed by atoms with Gasteiger partial charge in [-0.05, 0) is 78.7 Å². The highest BCUT2D eigenvalue weighted by atomic mass is 35.5. The molecule has 2 N–H and O–H groups in total. The van der Waals surface area contributed by atoms with Gasteiger partial charge in [0.15, 0.2) is 0 Å². The van der Waals surface area contributed by atoms with Crippen LogP contribution in [0.1, 0.15) is 75.0 Å². The molecule has 39 heavy (non-hydrogen) atoms. The van der Waals surface area contributed by atoms with Gasteiger partial charge in [0.25, 0.3) is 0 Å². The standard InChI is InChI=1S/C26H35Cl2N4O5PS/c27-21-8-3-9-22(28)23(21)24-20(25(37-30-24)16-10-11-16)14-36-19-12-13-32(38-15-19)18-6-1-4-17(5-2-7-18)29-26(33)31-39(34)35/h3,8-9,16-19,38H,1-2,4-7,10-15H2,(H,34,35)(H2,29,31,33)/p-1. The Kier molecular flexibility index (Phi) is 10.2. The summed E-state index contributed by atoms with van der Waals surface area (Å²) in [6.45, 7) is 1.45. The molecular weight excluding hydrogens is 582 g/mol. The molecule has 2 amide bonds. The van der Waals surface area contributed by atoms with E-state index in [0.717, 1.165) is 81.8 Å². The zero-order valence-electron chi connectivity index (χ0n) is 21.6. The number of hydrogen-bond acceptors (Lipinski definition) is 7. The Hall–Kier alpha value is -1.26. The minimum absolute atomic E-state index is 0.0135. The van der Waals surface area contributed by atoms with Crippen LogP contribution in [-0.2, 0) is 22.6 Å². The number of nitrogens with zero attached hydrogens (tertiary/aromatic N) is 2. The van der Waals surface area contributed by atoms with Crippen LogP contribution in [0.5, 0.6) is 0 Å². The largest absolute Gasteiger partial charge is 0.755 e. The number of benzene rings is 1. The van der Waals surface area contributed by atoms with Crippen molar-refractivity contribution in [1.82, 2.24) is 19.9 Å². The van der Waals surface area contributed by atoms with Gasteiger partial charge in [0, 0.05) is 53.1 Å². The van der Waals surface area contributed by atoms with E-state index >= 15 is 0 Å². The summed E-state index contributed by atoms with van der Waals surface area (Å²) in [6.07, 6.45) is 10.3. The van der Waals surface area contributed by atoms with Gasteiger partial charge >= 0.3 is 6.03 Å². The topological polar surface area (TPSA) is 120 Å². The summed E-state index contributed by atoms with van der Waals surface area (Å²) in [5, 5.41) is 8.26. The number of ether oxygens (including phenoxy) is 1. The van der Waals surface area contributed by atoms with Gasteiger partial charge in [-0.2, -0.15) is 0 Å². The Morgan fingerprint density at radius 3 is 2.49 bits per heavy atom. The third-order valence-corrected chi connectivity index (χ3v) is 10.4. The monoisotopic (exact) mass is 615 g/mol. The van der Waals surface area contributed by atoms with E-state index in [9.17, 15) is 13.6 Å². The number of hydrogen-bond donors (Lipinski definition) is 2. The summed E-state index contributed by atoms with van der Waals surface area (Å²) in [5.74, 6) is 1.30. The number of urea groups is 1. The van der Waals surface area contributed by atoms with E-state index in [0.29, 0.717) is 48.6 Å². The molecule has 0 spiro atoms. The first-order chi connectivity index (χ1) is 18.9. The van der Waals surface area contributed by atoms with Gasteiger partial charge in [-0.3, -0.25) is 13.6 Å². The molecule has 5 rings (SSSR count). The van der Waals surface area contributed by atoms with Gasteiger partial charge in [0.2, 0.25) is 0 Å². The van der Waals surface area contributed by atoms with Crippen molar-refractivity contribution in [2.24, 2.45) is 0 Å². The molecule has 9 nitrogen and oxygen atoms in total. The fourth-order valence-corrected chi connectivity index (χ4v) is 7.97. The molecule has 3 fully saturated rings. The zero-order valence-corrected chi connectivity index (χ0v) is 25.0.